The van der Waals surface area contributed by atoms with Crippen molar-refractivity contribution < 1.29 is 14.1 Å². The molecule has 0 aliphatic rings. The van der Waals surface area contributed by atoms with Crippen molar-refractivity contribution >= 4 is 5.78 Å². The minimum Gasteiger partial charge on any atom is -0.497 e. The molecule has 0 aliphatic carbocycles. The first-order valence-electron chi connectivity index (χ1n) is 6.57. The Morgan fingerprint density at radius 3 is 2.90 bits per heavy atom. The van der Waals surface area contributed by atoms with Gasteiger partial charge >= 0.3 is 0 Å². The highest BCUT2D eigenvalue weighted by Gasteiger charge is 2.13. The molecule has 106 valence electrons. The Hall–Kier alpha value is -2.17. The molecule has 2 aromatic rings. The van der Waals surface area contributed by atoms with Gasteiger partial charge in [0.05, 0.1) is 13.5 Å². The van der Waals surface area contributed by atoms with Gasteiger partial charge in [-0.1, -0.05) is 31.1 Å². The lowest BCUT2D eigenvalue weighted by Gasteiger charge is -2.00. The number of hydrogen-bond acceptors (Lipinski definition) is 5. The van der Waals surface area contributed by atoms with E-state index in [1.165, 1.54) is 0 Å². The molecule has 0 bridgehead atoms. The molecule has 0 N–H and O–H groups in total. The van der Waals surface area contributed by atoms with Crippen LogP contribution in [0.25, 0.3) is 11.4 Å². The predicted molar refractivity (Wildman–Crippen MR) is 74.5 cm³/mol. The Morgan fingerprint density at radius 1 is 1.40 bits per heavy atom. The molecule has 20 heavy (non-hydrogen) atoms. The van der Waals surface area contributed by atoms with Crippen molar-refractivity contribution in [3.05, 3.63) is 30.2 Å². The average Bonchev–Trinajstić information content (AvgIpc) is 2.86. The van der Waals surface area contributed by atoms with Gasteiger partial charge in [0, 0.05) is 12.0 Å². The van der Waals surface area contributed by atoms with Gasteiger partial charge in [-0.2, -0.15) is 4.98 Å². The fraction of sp³-hybridized carbons (Fsp3) is 0.400. The lowest BCUT2D eigenvalue weighted by atomic mass is 10.1. The van der Waals surface area contributed by atoms with Gasteiger partial charge in [0.2, 0.25) is 11.7 Å². The van der Waals surface area contributed by atoms with E-state index in [2.05, 4.69) is 10.1 Å². The molecule has 1 heterocycles. The molecular formula is C15H18N2O3. The molecule has 0 unspecified atom stereocenters. The average molecular weight is 274 g/mol. The summed E-state index contributed by atoms with van der Waals surface area (Å²) in [7, 11) is 1.60. The summed E-state index contributed by atoms with van der Waals surface area (Å²) in [5.74, 6) is 2.00. The lowest BCUT2D eigenvalue weighted by Crippen LogP contribution is -2.06. The standard InChI is InChI=1S/C15H18N2O3/c1-10(2)7-12(18)9-14-16-15(17-20-14)11-5-4-6-13(8-11)19-3/h4-6,8,10H,7,9H2,1-3H3. The molecule has 5 nitrogen and oxygen atoms in total. The van der Waals surface area contributed by atoms with Crippen LogP contribution in [0.1, 0.15) is 26.2 Å². The number of benzene rings is 1. The van der Waals surface area contributed by atoms with Crippen LogP contribution in [0.4, 0.5) is 0 Å². The van der Waals surface area contributed by atoms with Crippen molar-refractivity contribution in [3.8, 4) is 17.1 Å². The minimum absolute atomic E-state index is 0.112. The molecular weight excluding hydrogens is 256 g/mol. The van der Waals surface area contributed by atoms with Crippen LogP contribution >= 0.6 is 0 Å². The molecule has 2 rings (SSSR count). The molecule has 5 heteroatoms. The van der Waals surface area contributed by atoms with Crippen LogP contribution in [0.15, 0.2) is 28.8 Å². The van der Waals surface area contributed by atoms with Crippen molar-refractivity contribution in [1.29, 1.82) is 0 Å². The maximum atomic E-state index is 11.7. The molecule has 0 saturated heterocycles. The summed E-state index contributed by atoms with van der Waals surface area (Å²) in [6.45, 7) is 4.01. The molecule has 0 saturated carbocycles. The van der Waals surface area contributed by atoms with Crippen LogP contribution in [0.2, 0.25) is 0 Å². The fourth-order valence-electron chi connectivity index (χ4n) is 1.90. The van der Waals surface area contributed by atoms with Gasteiger partial charge < -0.3 is 9.26 Å². The summed E-state index contributed by atoms with van der Waals surface area (Å²) in [5, 5.41) is 3.90. The van der Waals surface area contributed by atoms with E-state index in [-0.39, 0.29) is 12.2 Å². The number of ether oxygens (including phenoxy) is 1. The number of carbonyl (C=O) groups excluding carboxylic acids is 1. The monoisotopic (exact) mass is 274 g/mol. The number of methoxy groups -OCH3 is 1. The van der Waals surface area contributed by atoms with E-state index in [4.69, 9.17) is 9.26 Å². The van der Waals surface area contributed by atoms with Crippen molar-refractivity contribution in [2.75, 3.05) is 7.11 Å². The maximum absolute atomic E-state index is 11.7. The minimum atomic E-state index is 0.112. The van der Waals surface area contributed by atoms with E-state index in [9.17, 15) is 4.79 Å². The van der Waals surface area contributed by atoms with Gasteiger partial charge in [0.15, 0.2) is 0 Å². The summed E-state index contributed by atoms with van der Waals surface area (Å²) in [5.41, 5.74) is 0.802. The third-order valence-electron chi connectivity index (χ3n) is 2.78. The Kier molecular flexibility index (Phi) is 4.50. The predicted octanol–water partition coefficient (Wildman–Crippen LogP) is 2.90. The number of ketones is 1. The van der Waals surface area contributed by atoms with E-state index >= 15 is 0 Å². The normalized spacial score (nSPS) is 10.8. The number of hydrogen-bond donors (Lipinski definition) is 0. The summed E-state index contributed by atoms with van der Waals surface area (Å²) in [6, 6.07) is 7.39. The number of aromatic nitrogens is 2. The number of Topliss-reactive ketones (excluding diaryl/α,β-unsaturated/α-hetero) is 1. The van der Waals surface area contributed by atoms with Crippen molar-refractivity contribution in [3.63, 3.8) is 0 Å². The second kappa shape index (κ2) is 6.32. The van der Waals surface area contributed by atoms with Gasteiger partial charge in [-0.15, -0.1) is 0 Å². The largest absolute Gasteiger partial charge is 0.497 e. The fourth-order valence-corrected chi connectivity index (χ4v) is 1.90. The Bertz CT molecular complexity index is 590. The van der Waals surface area contributed by atoms with E-state index in [1.807, 2.05) is 38.1 Å². The Morgan fingerprint density at radius 2 is 2.20 bits per heavy atom. The first kappa shape index (κ1) is 14.2. The molecule has 0 fully saturated rings. The third kappa shape index (κ3) is 3.66. The summed E-state index contributed by atoms with van der Waals surface area (Å²) in [4.78, 5) is 16.0. The SMILES string of the molecule is COc1cccc(-c2noc(CC(=O)CC(C)C)n2)c1. The van der Waals surface area contributed by atoms with Gasteiger partial charge in [0.1, 0.15) is 11.5 Å². The molecule has 0 spiro atoms. The van der Waals surface area contributed by atoms with Crippen LogP contribution in [0, 0.1) is 5.92 Å². The van der Waals surface area contributed by atoms with Gasteiger partial charge in [-0.3, -0.25) is 4.79 Å². The highest BCUT2D eigenvalue weighted by Crippen LogP contribution is 2.21. The van der Waals surface area contributed by atoms with Crippen LogP contribution in [-0.2, 0) is 11.2 Å². The van der Waals surface area contributed by atoms with Crippen LogP contribution < -0.4 is 4.74 Å². The summed E-state index contributed by atoms with van der Waals surface area (Å²) in [6.07, 6.45) is 0.714. The van der Waals surface area contributed by atoms with Gasteiger partial charge in [0.25, 0.3) is 0 Å². The zero-order valence-corrected chi connectivity index (χ0v) is 11.9. The second-order valence-corrected chi connectivity index (χ2v) is 5.06. The molecule has 0 aliphatic heterocycles. The molecule has 1 aromatic carbocycles. The first-order chi connectivity index (χ1) is 9.58. The second-order valence-electron chi connectivity index (χ2n) is 5.06. The quantitative estimate of drug-likeness (QED) is 0.810. The van der Waals surface area contributed by atoms with E-state index in [0.717, 1.165) is 11.3 Å². The van der Waals surface area contributed by atoms with E-state index in [0.29, 0.717) is 24.1 Å². The Balaban J connectivity index is 2.10. The van der Waals surface area contributed by atoms with Crippen LogP contribution in [0.3, 0.4) is 0 Å². The molecule has 0 amide bonds. The topological polar surface area (TPSA) is 65.2 Å². The number of rotatable bonds is 6. The first-order valence-corrected chi connectivity index (χ1v) is 6.57. The highest BCUT2D eigenvalue weighted by atomic mass is 16.5. The van der Waals surface area contributed by atoms with Crippen molar-refractivity contribution in [1.82, 2.24) is 10.1 Å². The lowest BCUT2D eigenvalue weighted by molar-refractivity contribution is -0.119. The van der Waals surface area contributed by atoms with Crippen LogP contribution in [0.5, 0.6) is 5.75 Å². The van der Waals surface area contributed by atoms with Crippen molar-refractivity contribution in [2.45, 2.75) is 26.7 Å². The van der Waals surface area contributed by atoms with Crippen molar-refractivity contribution in [2.24, 2.45) is 5.92 Å². The highest BCUT2D eigenvalue weighted by molar-refractivity contribution is 5.80. The zero-order valence-electron chi connectivity index (χ0n) is 11.9. The summed E-state index contributed by atoms with van der Waals surface area (Å²) >= 11 is 0. The van der Waals surface area contributed by atoms with E-state index in [1.54, 1.807) is 7.11 Å². The maximum Gasteiger partial charge on any atom is 0.234 e. The summed E-state index contributed by atoms with van der Waals surface area (Å²) < 4.78 is 10.3. The number of nitrogens with zero attached hydrogens (tertiary/aromatic N) is 2. The van der Waals surface area contributed by atoms with E-state index < -0.39 is 0 Å². The van der Waals surface area contributed by atoms with Gasteiger partial charge in [-0.05, 0) is 18.1 Å². The smallest absolute Gasteiger partial charge is 0.234 e. The molecule has 1 aromatic heterocycles. The zero-order chi connectivity index (χ0) is 14.5. The van der Waals surface area contributed by atoms with Gasteiger partial charge in [-0.25, -0.2) is 0 Å². The molecule has 0 atom stereocenters. The third-order valence-corrected chi connectivity index (χ3v) is 2.78. The number of carbonyl (C=O) groups is 1. The molecule has 0 radical (unpaired) electrons. The Labute approximate surface area is 118 Å². The van der Waals surface area contributed by atoms with Crippen LogP contribution in [-0.4, -0.2) is 23.0 Å².